The number of carbonyl (C=O) groups is 3. The van der Waals surface area contributed by atoms with Crippen molar-refractivity contribution in [3.05, 3.63) is 23.8 Å². The third-order valence-corrected chi connectivity index (χ3v) is 3.94. The molecule has 0 atom stereocenters. The molecule has 2 heterocycles. The number of hydrogen-bond donors (Lipinski definition) is 1. The number of carbonyl (C=O) groups excluding carboxylic acids is 3. The zero-order valence-electron chi connectivity index (χ0n) is 14.1. The molecule has 2 aliphatic heterocycles. The number of nitrogens with zero attached hydrogens (tertiary/aromatic N) is 2. The number of ether oxygens (including phenoxy) is 1. The summed E-state index contributed by atoms with van der Waals surface area (Å²) in [6, 6.07) is 5.10. The standard InChI is InChI=1S/C17H21N3O4/c1-17(2,3)24-16(23)20-8-6-11-10-12(4-5-13(11)20)19-9-7-14(21)18-15(19)22/h4-5,10H,6-9H2,1-3H3,(H,18,21,22). The van der Waals surface area contributed by atoms with Crippen LogP contribution in [0.5, 0.6) is 0 Å². The van der Waals surface area contributed by atoms with Crippen molar-refractivity contribution in [2.24, 2.45) is 0 Å². The molecular formula is C17H21N3O4. The Morgan fingerprint density at radius 2 is 1.92 bits per heavy atom. The maximum Gasteiger partial charge on any atom is 0.414 e. The summed E-state index contributed by atoms with van der Waals surface area (Å²) < 4.78 is 5.43. The first-order chi connectivity index (χ1) is 11.2. The Balaban J connectivity index is 1.80. The van der Waals surface area contributed by atoms with Crippen LogP contribution < -0.4 is 15.1 Å². The molecule has 1 N–H and O–H groups in total. The van der Waals surface area contributed by atoms with Gasteiger partial charge in [0.2, 0.25) is 5.91 Å². The van der Waals surface area contributed by atoms with E-state index in [0.29, 0.717) is 19.5 Å². The number of imide groups is 1. The number of amides is 4. The predicted molar refractivity (Wildman–Crippen MR) is 89.2 cm³/mol. The highest BCUT2D eigenvalue weighted by Crippen LogP contribution is 2.33. The van der Waals surface area contributed by atoms with Crippen molar-refractivity contribution < 1.29 is 19.1 Å². The topological polar surface area (TPSA) is 79.0 Å². The van der Waals surface area contributed by atoms with E-state index >= 15 is 0 Å². The Hall–Kier alpha value is -2.57. The number of rotatable bonds is 1. The number of urea groups is 1. The second-order valence-electron chi connectivity index (χ2n) is 6.95. The van der Waals surface area contributed by atoms with Crippen LogP contribution in [0.25, 0.3) is 0 Å². The minimum atomic E-state index is -0.543. The van der Waals surface area contributed by atoms with E-state index in [1.807, 2.05) is 32.9 Å². The number of fused-ring (bicyclic) bond motifs is 1. The minimum Gasteiger partial charge on any atom is -0.443 e. The largest absolute Gasteiger partial charge is 0.443 e. The number of anilines is 2. The monoisotopic (exact) mass is 331 g/mol. The van der Waals surface area contributed by atoms with Crippen LogP contribution in [0.2, 0.25) is 0 Å². The highest BCUT2D eigenvalue weighted by molar-refractivity contribution is 6.05. The van der Waals surface area contributed by atoms with Gasteiger partial charge in [0, 0.05) is 25.2 Å². The van der Waals surface area contributed by atoms with Gasteiger partial charge in [-0.05, 0) is 51.0 Å². The molecule has 0 aliphatic carbocycles. The third kappa shape index (κ3) is 3.20. The Morgan fingerprint density at radius 1 is 1.17 bits per heavy atom. The molecule has 1 saturated heterocycles. The summed E-state index contributed by atoms with van der Waals surface area (Å²) in [5, 5.41) is 2.31. The Kier molecular flexibility index (Phi) is 3.95. The maximum absolute atomic E-state index is 12.3. The molecule has 1 aromatic rings. The van der Waals surface area contributed by atoms with Crippen LogP contribution in [0.15, 0.2) is 18.2 Å². The lowest BCUT2D eigenvalue weighted by Crippen LogP contribution is -2.49. The van der Waals surface area contributed by atoms with Crippen molar-refractivity contribution in [2.75, 3.05) is 22.9 Å². The van der Waals surface area contributed by atoms with Gasteiger partial charge >= 0.3 is 12.1 Å². The smallest absolute Gasteiger partial charge is 0.414 e. The van der Waals surface area contributed by atoms with Crippen molar-refractivity contribution in [2.45, 2.75) is 39.2 Å². The van der Waals surface area contributed by atoms with E-state index < -0.39 is 11.6 Å². The van der Waals surface area contributed by atoms with Gasteiger partial charge in [0.25, 0.3) is 0 Å². The quantitative estimate of drug-likeness (QED) is 0.857. The minimum absolute atomic E-state index is 0.256. The van der Waals surface area contributed by atoms with Crippen LogP contribution in [0.4, 0.5) is 21.0 Å². The summed E-state index contributed by atoms with van der Waals surface area (Å²) in [5.41, 5.74) is 1.98. The van der Waals surface area contributed by atoms with Gasteiger partial charge in [-0.15, -0.1) is 0 Å². The lowest BCUT2D eigenvalue weighted by Gasteiger charge is -2.27. The summed E-state index contributed by atoms with van der Waals surface area (Å²) in [7, 11) is 0. The van der Waals surface area contributed by atoms with E-state index in [2.05, 4.69) is 5.32 Å². The van der Waals surface area contributed by atoms with E-state index in [0.717, 1.165) is 16.9 Å². The number of benzene rings is 1. The first-order valence-electron chi connectivity index (χ1n) is 7.99. The van der Waals surface area contributed by atoms with Crippen LogP contribution in [-0.4, -0.2) is 36.7 Å². The van der Waals surface area contributed by atoms with E-state index in [1.54, 1.807) is 11.0 Å². The first kappa shape index (κ1) is 16.3. The second-order valence-corrected chi connectivity index (χ2v) is 6.95. The van der Waals surface area contributed by atoms with Crippen molar-refractivity contribution >= 4 is 29.4 Å². The van der Waals surface area contributed by atoms with Crippen molar-refractivity contribution in [1.82, 2.24) is 5.32 Å². The zero-order valence-corrected chi connectivity index (χ0v) is 14.1. The molecule has 2 aliphatic rings. The summed E-state index contributed by atoms with van der Waals surface area (Å²) in [6.45, 7) is 6.42. The van der Waals surface area contributed by atoms with Crippen molar-refractivity contribution in [1.29, 1.82) is 0 Å². The van der Waals surface area contributed by atoms with Gasteiger partial charge in [-0.3, -0.25) is 19.9 Å². The Morgan fingerprint density at radius 3 is 2.58 bits per heavy atom. The molecule has 7 nitrogen and oxygen atoms in total. The normalized spacial score (nSPS) is 17.6. The molecule has 1 aromatic carbocycles. The molecule has 3 rings (SSSR count). The van der Waals surface area contributed by atoms with Crippen LogP contribution in [0.1, 0.15) is 32.8 Å². The molecule has 0 saturated carbocycles. The van der Waals surface area contributed by atoms with E-state index in [-0.39, 0.29) is 18.4 Å². The molecular weight excluding hydrogens is 310 g/mol. The van der Waals surface area contributed by atoms with Gasteiger partial charge in [0.1, 0.15) is 5.60 Å². The lowest BCUT2D eigenvalue weighted by atomic mass is 10.1. The molecule has 24 heavy (non-hydrogen) atoms. The average molecular weight is 331 g/mol. The van der Waals surface area contributed by atoms with Crippen LogP contribution in [0, 0.1) is 0 Å². The fraction of sp³-hybridized carbons (Fsp3) is 0.471. The van der Waals surface area contributed by atoms with E-state index in [9.17, 15) is 14.4 Å². The fourth-order valence-electron chi connectivity index (χ4n) is 2.87. The lowest BCUT2D eigenvalue weighted by molar-refractivity contribution is -0.120. The Bertz CT molecular complexity index is 708. The van der Waals surface area contributed by atoms with Crippen LogP contribution in [0.3, 0.4) is 0 Å². The summed E-state index contributed by atoms with van der Waals surface area (Å²) in [6.07, 6.45) is 0.624. The molecule has 128 valence electrons. The van der Waals surface area contributed by atoms with Gasteiger partial charge < -0.3 is 4.74 Å². The molecule has 0 spiro atoms. The average Bonchev–Trinajstić information content (AvgIpc) is 2.88. The van der Waals surface area contributed by atoms with Gasteiger partial charge in [-0.1, -0.05) is 0 Å². The summed E-state index contributed by atoms with van der Waals surface area (Å²) >= 11 is 0. The van der Waals surface area contributed by atoms with Crippen molar-refractivity contribution in [3.63, 3.8) is 0 Å². The van der Waals surface area contributed by atoms with E-state index in [4.69, 9.17) is 4.74 Å². The summed E-state index contributed by atoms with van der Waals surface area (Å²) in [5.74, 6) is -0.256. The highest BCUT2D eigenvalue weighted by atomic mass is 16.6. The zero-order chi connectivity index (χ0) is 17.5. The van der Waals surface area contributed by atoms with Crippen LogP contribution in [-0.2, 0) is 16.0 Å². The van der Waals surface area contributed by atoms with Gasteiger partial charge in [0.05, 0.1) is 5.69 Å². The van der Waals surface area contributed by atoms with Gasteiger partial charge in [-0.2, -0.15) is 0 Å². The van der Waals surface area contributed by atoms with Gasteiger partial charge in [-0.25, -0.2) is 9.59 Å². The molecule has 4 amide bonds. The maximum atomic E-state index is 12.3. The second kappa shape index (κ2) is 5.81. The van der Waals surface area contributed by atoms with Gasteiger partial charge in [0.15, 0.2) is 0 Å². The number of hydrogen-bond acceptors (Lipinski definition) is 4. The van der Waals surface area contributed by atoms with Crippen LogP contribution >= 0.6 is 0 Å². The predicted octanol–water partition coefficient (Wildman–Crippen LogP) is 2.43. The molecule has 0 unspecified atom stereocenters. The van der Waals surface area contributed by atoms with E-state index in [1.165, 1.54) is 4.90 Å². The molecule has 0 aromatic heterocycles. The molecule has 0 bridgehead atoms. The highest BCUT2D eigenvalue weighted by Gasteiger charge is 2.30. The molecule has 1 fully saturated rings. The summed E-state index contributed by atoms with van der Waals surface area (Å²) in [4.78, 5) is 38.6. The fourth-order valence-corrected chi connectivity index (χ4v) is 2.87. The molecule has 7 heteroatoms. The third-order valence-electron chi connectivity index (χ3n) is 3.94. The SMILES string of the molecule is CC(C)(C)OC(=O)N1CCc2cc(N3CCC(=O)NC3=O)ccc21. The Labute approximate surface area is 140 Å². The number of nitrogens with one attached hydrogen (secondary N) is 1. The molecule has 0 radical (unpaired) electrons. The first-order valence-corrected chi connectivity index (χ1v) is 7.99. The van der Waals surface area contributed by atoms with Crippen molar-refractivity contribution in [3.8, 4) is 0 Å².